The van der Waals surface area contributed by atoms with E-state index in [0.29, 0.717) is 12.0 Å². The van der Waals surface area contributed by atoms with Gasteiger partial charge < -0.3 is 10.4 Å². The van der Waals surface area contributed by atoms with Gasteiger partial charge in [-0.25, -0.2) is 8.42 Å². The molecule has 26 heavy (non-hydrogen) atoms. The number of carbonyl (C=O) groups is 1. The molecular weight excluding hydrogens is 465 g/mol. The SMILES string of the molecule is CS(=O)(=O)CC(C(=O)NC(CO)Cc1ccc(I)cc1)c1ccccc1. The van der Waals surface area contributed by atoms with Crippen LogP contribution in [0, 0.1) is 3.57 Å². The summed E-state index contributed by atoms with van der Waals surface area (Å²) in [6, 6.07) is 16.2. The Balaban J connectivity index is 2.14. The fourth-order valence-corrected chi connectivity index (χ4v) is 3.99. The number of sulfone groups is 1. The monoisotopic (exact) mass is 487 g/mol. The number of benzene rings is 2. The van der Waals surface area contributed by atoms with Crippen molar-refractivity contribution in [3.8, 4) is 0 Å². The molecule has 0 spiro atoms. The Kier molecular flexibility index (Phi) is 7.60. The maximum absolute atomic E-state index is 12.7. The number of aliphatic hydroxyl groups excluding tert-OH is 1. The van der Waals surface area contributed by atoms with Crippen LogP contribution in [0.3, 0.4) is 0 Å². The first-order chi connectivity index (χ1) is 12.3. The molecule has 0 heterocycles. The van der Waals surface area contributed by atoms with Gasteiger partial charge in [0.15, 0.2) is 0 Å². The van der Waals surface area contributed by atoms with E-state index >= 15 is 0 Å². The minimum atomic E-state index is -3.35. The molecule has 2 rings (SSSR count). The van der Waals surface area contributed by atoms with Crippen molar-refractivity contribution in [3.05, 3.63) is 69.3 Å². The minimum Gasteiger partial charge on any atom is -0.394 e. The molecule has 140 valence electrons. The van der Waals surface area contributed by atoms with Gasteiger partial charge in [0.25, 0.3) is 0 Å². The molecule has 0 fully saturated rings. The van der Waals surface area contributed by atoms with E-state index < -0.39 is 27.7 Å². The fraction of sp³-hybridized carbons (Fsp3) is 0.316. The molecular formula is C19H22INO4S. The van der Waals surface area contributed by atoms with Crippen molar-refractivity contribution in [3.63, 3.8) is 0 Å². The minimum absolute atomic E-state index is 0.224. The molecule has 1 amide bonds. The van der Waals surface area contributed by atoms with E-state index in [4.69, 9.17) is 0 Å². The van der Waals surface area contributed by atoms with Crippen LogP contribution in [0.2, 0.25) is 0 Å². The van der Waals surface area contributed by atoms with Gasteiger partial charge in [0.05, 0.1) is 24.3 Å². The molecule has 5 nitrogen and oxygen atoms in total. The van der Waals surface area contributed by atoms with Crippen LogP contribution >= 0.6 is 22.6 Å². The fourth-order valence-electron chi connectivity index (χ4n) is 2.68. The summed E-state index contributed by atoms with van der Waals surface area (Å²) in [5.41, 5.74) is 1.63. The highest BCUT2D eigenvalue weighted by Gasteiger charge is 2.26. The van der Waals surface area contributed by atoms with Gasteiger partial charge in [-0.1, -0.05) is 42.5 Å². The number of rotatable bonds is 8. The Labute approximate surface area is 167 Å². The maximum Gasteiger partial charge on any atom is 0.228 e. The molecule has 2 N–H and O–H groups in total. The summed E-state index contributed by atoms with van der Waals surface area (Å²) in [6.45, 7) is -0.224. The molecule has 2 aromatic rings. The lowest BCUT2D eigenvalue weighted by atomic mass is 9.99. The summed E-state index contributed by atoms with van der Waals surface area (Å²) in [5, 5.41) is 12.4. The second-order valence-electron chi connectivity index (χ2n) is 6.27. The van der Waals surface area contributed by atoms with Crippen molar-refractivity contribution >= 4 is 38.3 Å². The highest BCUT2D eigenvalue weighted by atomic mass is 127. The molecule has 2 atom stereocenters. The Bertz CT molecular complexity index is 822. The lowest BCUT2D eigenvalue weighted by molar-refractivity contribution is -0.123. The van der Waals surface area contributed by atoms with Gasteiger partial charge >= 0.3 is 0 Å². The molecule has 0 aromatic heterocycles. The van der Waals surface area contributed by atoms with Crippen LogP contribution in [0.5, 0.6) is 0 Å². The number of hydrogen-bond acceptors (Lipinski definition) is 4. The molecule has 0 saturated heterocycles. The first-order valence-corrected chi connectivity index (χ1v) is 11.3. The number of carbonyl (C=O) groups excluding carboxylic acids is 1. The van der Waals surface area contributed by atoms with Crippen LogP contribution in [0.15, 0.2) is 54.6 Å². The highest BCUT2D eigenvalue weighted by molar-refractivity contribution is 14.1. The third-order valence-electron chi connectivity index (χ3n) is 3.95. The number of hydrogen-bond donors (Lipinski definition) is 2. The zero-order valence-corrected chi connectivity index (χ0v) is 17.4. The van der Waals surface area contributed by atoms with E-state index in [1.54, 1.807) is 24.3 Å². The Morgan fingerprint density at radius 1 is 1.12 bits per heavy atom. The highest BCUT2D eigenvalue weighted by Crippen LogP contribution is 2.18. The van der Waals surface area contributed by atoms with Crippen molar-refractivity contribution in [2.24, 2.45) is 0 Å². The summed E-state index contributed by atoms with van der Waals surface area (Å²) in [5.74, 6) is -1.48. The molecule has 0 aliphatic carbocycles. The lowest BCUT2D eigenvalue weighted by Crippen LogP contribution is -2.43. The largest absolute Gasteiger partial charge is 0.394 e. The van der Waals surface area contributed by atoms with Crippen LogP contribution in [0.4, 0.5) is 0 Å². The lowest BCUT2D eigenvalue weighted by Gasteiger charge is -2.21. The first-order valence-electron chi connectivity index (χ1n) is 8.17. The third kappa shape index (κ3) is 6.69. The number of nitrogens with one attached hydrogen (secondary N) is 1. The molecule has 0 aliphatic heterocycles. The molecule has 7 heteroatoms. The summed E-state index contributed by atoms with van der Waals surface area (Å²) in [7, 11) is -3.35. The standard InChI is InChI=1S/C19H22INO4S/c1-26(24,25)13-18(15-5-3-2-4-6-15)19(23)21-17(12-22)11-14-7-9-16(20)10-8-14/h2-10,17-18,22H,11-13H2,1H3,(H,21,23). The molecule has 2 aromatic carbocycles. The average Bonchev–Trinajstić information content (AvgIpc) is 2.61. The van der Waals surface area contributed by atoms with Crippen molar-refractivity contribution in [2.75, 3.05) is 18.6 Å². The molecule has 0 bridgehead atoms. The number of amides is 1. The zero-order valence-electron chi connectivity index (χ0n) is 14.4. The van der Waals surface area contributed by atoms with E-state index in [2.05, 4.69) is 27.9 Å². The number of halogens is 1. The van der Waals surface area contributed by atoms with Crippen molar-refractivity contribution in [1.29, 1.82) is 0 Å². The van der Waals surface area contributed by atoms with Gasteiger partial charge in [-0.3, -0.25) is 4.79 Å². The molecule has 2 unspecified atom stereocenters. The van der Waals surface area contributed by atoms with Crippen molar-refractivity contribution in [2.45, 2.75) is 18.4 Å². The van der Waals surface area contributed by atoms with Gasteiger partial charge in [-0.2, -0.15) is 0 Å². The van der Waals surface area contributed by atoms with E-state index in [1.807, 2.05) is 30.3 Å². The Morgan fingerprint density at radius 3 is 2.27 bits per heavy atom. The van der Waals surface area contributed by atoms with E-state index in [1.165, 1.54) is 0 Å². The van der Waals surface area contributed by atoms with Gasteiger partial charge in [0, 0.05) is 9.83 Å². The summed E-state index contributed by atoms with van der Waals surface area (Å²) < 4.78 is 24.6. The van der Waals surface area contributed by atoms with Crippen LogP contribution in [-0.2, 0) is 21.1 Å². The van der Waals surface area contributed by atoms with Crippen LogP contribution in [0.25, 0.3) is 0 Å². The van der Waals surface area contributed by atoms with E-state index in [9.17, 15) is 18.3 Å². The number of aliphatic hydroxyl groups is 1. The van der Waals surface area contributed by atoms with Gasteiger partial charge in [0.2, 0.25) is 5.91 Å². The normalized spacial score (nSPS) is 13.8. The van der Waals surface area contributed by atoms with Gasteiger partial charge in [-0.15, -0.1) is 0 Å². The molecule has 0 radical (unpaired) electrons. The smallest absolute Gasteiger partial charge is 0.228 e. The second-order valence-corrected chi connectivity index (χ2v) is 9.70. The Hall–Kier alpha value is -1.45. The molecule has 0 saturated carbocycles. The third-order valence-corrected chi connectivity index (χ3v) is 5.61. The Morgan fingerprint density at radius 2 is 1.73 bits per heavy atom. The zero-order chi connectivity index (χ0) is 19.2. The van der Waals surface area contributed by atoms with E-state index in [0.717, 1.165) is 15.4 Å². The summed E-state index contributed by atoms with van der Waals surface area (Å²) in [4.78, 5) is 12.7. The second kappa shape index (κ2) is 9.48. The van der Waals surface area contributed by atoms with Crippen molar-refractivity contribution in [1.82, 2.24) is 5.32 Å². The van der Waals surface area contributed by atoms with Crippen LogP contribution in [0.1, 0.15) is 17.0 Å². The van der Waals surface area contributed by atoms with Crippen LogP contribution < -0.4 is 5.32 Å². The van der Waals surface area contributed by atoms with Crippen LogP contribution in [-0.4, -0.2) is 44.1 Å². The quantitative estimate of drug-likeness (QED) is 0.560. The predicted octanol–water partition coefficient (Wildman–Crippen LogP) is 2.14. The predicted molar refractivity (Wildman–Crippen MR) is 111 cm³/mol. The topological polar surface area (TPSA) is 83.5 Å². The maximum atomic E-state index is 12.7. The molecule has 0 aliphatic rings. The van der Waals surface area contributed by atoms with Gasteiger partial charge in [0.1, 0.15) is 9.84 Å². The van der Waals surface area contributed by atoms with Crippen molar-refractivity contribution < 1.29 is 18.3 Å². The first kappa shape index (κ1) is 20.9. The summed E-state index contributed by atoms with van der Waals surface area (Å²) in [6.07, 6.45) is 1.59. The average molecular weight is 487 g/mol. The van der Waals surface area contributed by atoms with E-state index in [-0.39, 0.29) is 12.4 Å². The van der Waals surface area contributed by atoms with Gasteiger partial charge in [-0.05, 0) is 52.3 Å². The summed E-state index contributed by atoms with van der Waals surface area (Å²) >= 11 is 2.21.